The highest BCUT2D eigenvalue weighted by molar-refractivity contribution is 6.46. The number of carbonyl (C=O) groups is 2. The summed E-state index contributed by atoms with van der Waals surface area (Å²) in [5.41, 5.74) is 3.18. The normalized spacial score (nSPS) is 17.1. The zero-order valence-electron chi connectivity index (χ0n) is 22.7. The molecule has 1 heterocycles. The molecule has 0 saturated carbocycles. The Morgan fingerprint density at radius 2 is 1.63 bits per heavy atom. The third-order valence-corrected chi connectivity index (χ3v) is 6.72. The molecule has 3 aromatic rings. The summed E-state index contributed by atoms with van der Waals surface area (Å²) in [6, 6.07) is 21.5. The maximum atomic E-state index is 13.4. The van der Waals surface area contributed by atoms with Crippen LogP contribution in [0.25, 0.3) is 5.76 Å². The molecule has 1 saturated heterocycles. The summed E-state index contributed by atoms with van der Waals surface area (Å²) < 4.78 is 11.0. The molecule has 0 spiro atoms. The van der Waals surface area contributed by atoms with Gasteiger partial charge in [0.2, 0.25) is 0 Å². The zero-order chi connectivity index (χ0) is 27.4. The predicted octanol–water partition coefficient (Wildman–Crippen LogP) is 6.40. The minimum absolute atomic E-state index is 0.0531. The predicted molar refractivity (Wildman–Crippen MR) is 148 cm³/mol. The average Bonchev–Trinajstić information content (AvgIpc) is 3.16. The highest BCUT2D eigenvalue weighted by Gasteiger charge is 2.46. The molecule has 3 aromatic carbocycles. The number of aliphatic hydroxyl groups is 1. The van der Waals surface area contributed by atoms with Gasteiger partial charge in [0, 0.05) is 12.1 Å². The molecule has 0 aliphatic carbocycles. The van der Waals surface area contributed by atoms with Crippen molar-refractivity contribution in [3.05, 3.63) is 101 Å². The fraction of sp³-hybridized carbons (Fsp3) is 0.312. The fourth-order valence-corrected chi connectivity index (χ4v) is 4.61. The summed E-state index contributed by atoms with van der Waals surface area (Å²) >= 11 is 0. The van der Waals surface area contributed by atoms with Gasteiger partial charge in [-0.1, -0.05) is 64.1 Å². The second-order valence-corrected chi connectivity index (χ2v) is 10.5. The number of ether oxygens (including phenoxy) is 2. The molecule has 1 N–H and O–H groups in total. The van der Waals surface area contributed by atoms with E-state index in [1.54, 1.807) is 31.4 Å². The minimum atomic E-state index is -0.744. The van der Waals surface area contributed by atoms with Gasteiger partial charge in [-0.25, -0.2) is 0 Å². The molecule has 6 nitrogen and oxygen atoms in total. The van der Waals surface area contributed by atoms with Crippen molar-refractivity contribution in [1.29, 1.82) is 0 Å². The molecule has 38 heavy (non-hydrogen) atoms. The molecule has 1 atom stereocenters. The number of hydrogen-bond donors (Lipinski definition) is 1. The molecule has 198 valence electrons. The fourth-order valence-electron chi connectivity index (χ4n) is 4.61. The number of benzene rings is 3. The summed E-state index contributed by atoms with van der Waals surface area (Å²) in [6.45, 7) is 9.19. The van der Waals surface area contributed by atoms with Crippen molar-refractivity contribution in [2.24, 2.45) is 0 Å². The first-order chi connectivity index (χ1) is 18.1. The number of carbonyl (C=O) groups excluding carboxylic acids is 2. The Kier molecular flexibility index (Phi) is 7.91. The molecule has 1 aliphatic heterocycles. The van der Waals surface area contributed by atoms with Crippen LogP contribution in [0.15, 0.2) is 78.4 Å². The quantitative estimate of drug-likeness (QED) is 0.214. The van der Waals surface area contributed by atoms with Crippen LogP contribution in [0.3, 0.4) is 0 Å². The van der Waals surface area contributed by atoms with E-state index in [1.165, 1.54) is 4.90 Å². The van der Waals surface area contributed by atoms with Crippen LogP contribution in [0.4, 0.5) is 0 Å². The molecular formula is C32H35NO5. The topological polar surface area (TPSA) is 76.1 Å². The third kappa shape index (κ3) is 5.59. The number of hydrogen-bond acceptors (Lipinski definition) is 5. The third-order valence-electron chi connectivity index (χ3n) is 6.72. The Morgan fingerprint density at radius 1 is 0.947 bits per heavy atom. The van der Waals surface area contributed by atoms with Crippen molar-refractivity contribution in [2.45, 2.75) is 52.1 Å². The first kappa shape index (κ1) is 27.0. The highest BCUT2D eigenvalue weighted by Crippen LogP contribution is 2.41. The van der Waals surface area contributed by atoms with Crippen LogP contribution in [0.2, 0.25) is 0 Å². The van der Waals surface area contributed by atoms with Gasteiger partial charge in [-0.3, -0.25) is 9.59 Å². The highest BCUT2D eigenvalue weighted by atomic mass is 16.5. The molecule has 4 rings (SSSR count). The van der Waals surface area contributed by atoms with Crippen LogP contribution in [0, 0.1) is 0 Å². The molecule has 1 amide bonds. The van der Waals surface area contributed by atoms with Gasteiger partial charge in [0.05, 0.1) is 25.3 Å². The minimum Gasteiger partial charge on any atom is -0.507 e. The number of ketones is 1. The van der Waals surface area contributed by atoms with Crippen LogP contribution >= 0.6 is 0 Å². The summed E-state index contributed by atoms with van der Waals surface area (Å²) in [4.78, 5) is 28.3. The van der Waals surface area contributed by atoms with E-state index in [2.05, 4.69) is 20.8 Å². The van der Waals surface area contributed by atoms with E-state index >= 15 is 0 Å². The maximum absolute atomic E-state index is 13.4. The molecule has 1 fully saturated rings. The van der Waals surface area contributed by atoms with Crippen molar-refractivity contribution in [1.82, 2.24) is 4.90 Å². The van der Waals surface area contributed by atoms with Crippen LogP contribution in [0.5, 0.6) is 11.5 Å². The lowest BCUT2D eigenvalue weighted by Crippen LogP contribution is -2.29. The van der Waals surface area contributed by atoms with Crippen LogP contribution < -0.4 is 9.47 Å². The number of amides is 1. The number of nitrogens with zero attached hydrogens (tertiary/aromatic N) is 1. The maximum Gasteiger partial charge on any atom is 0.295 e. The smallest absolute Gasteiger partial charge is 0.295 e. The molecule has 0 aromatic heterocycles. The molecule has 1 aliphatic rings. The van der Waals surface area contributed by atoms with E-state index in [0.717, 1.165) is 23.1 Å². The lowest BCUT2D eigenvalue weighted by Gasteiger charge is -2.27. The van der Waals surface area contributed by atoms with Crippen molar-refractivity contribution >= 4 is 17.4 Å². The van der Waals surface area contributed by atoms with E-state index < -0.39 is 17.7 Å². The SMILES string of the molecule is CCCOc1ccc(/C(O)=C2/C(=O)C(=O)N(Cc3cccc(OC)c3)C2c2ccc(C(C)(C)C)cc2)cc1. The number of rotatable bonds is 8. The Labute approximate surface area is 224 Å². The van der Waals surface area contributed by atoms with Gasteiger partial charge >= 0.3 is 0 Å². The lowest BCUT2D eigenvalue weighted by atomic mass is 9.85. The largest absolute Gasteiger partial charge is 0.507 e. The van der Waals surface area contributed by atoms with Gasteiger partial charge in [0.1, 0.15) is 17.3 Å². The lowest BCUT2D eigenvalue weighted by molar-refractivity contribution is -0.140. The van der Waals surface area contributed by atoms with Crippen LogP contribution in [-0.4, -0.2) is 35.4 Å². The number of methoxy groups -OCH3 is 1. The van der Waals surface area contributed by atoms with E-state index in [9.17, 15) is 14.7 Å². The van der Waals surface area contributed by atoms with Gasteiger partial charge in [0.25, 0.3) is 11.7 Å². The van der Waals surface area contributed by atoms with Crippen molar-refractivity contribution in [3.63, 3.8) is 0 Å². The molecular weight excluding hydrogens is 478 g/mol. The standard InChI is InChI=1S/C32H35NO5/c1-6-18-38-25-16-12-23(13-17-25)29(34)27-28(22-10-14-24(15-11-22)32(2,3)4)33(31(36)30(27)35)20-21-8-7-9-26(19-21)37-5/h7-17,19,28,34H,6,18,20H2,1-5H3/b29-27-. The summed E-state index contributed by atoms with van der Waals surface area (Å²) in [6.07, 6.45) is 0.881. The van der Waals surface area contributed by atoms with Crippen LogP contribution in [-0.2, 0) is 21.5 Å². The molecule has 6 heteroatoms. The Morgan fingerprint density at radius 3 is 2.24 bits per heavy atom. The van der Waals surface area contributed by atoms with Crippen molar-refractivity contribution < 1.29 is 24.2 Å². The van der Waals surface area contributed by atoms with Crippen LogP contribution in [0.1, 0.15) is 62.4 Å². The van der Waals surface area contributed by atoms with E-state index in [0.29, 0.717) is 23.7 Å². The van der Waals surface area contributed by atoms with E-state index in [1.807, 2.05) is 55.5 Å². The zero-order valence-corrected chi connectivity index (χ0v) is 22.7. The Bertz CT molecular complexity index is 1330. The van der Waals surface area contributed by atoms with Gasteiger partial charge in [-0.2, -0.15) is 0 Å². The van der Waals surface area contributed by atoms with Gasteiger partial charge in [-0.15, -0.1) is 0 Å². The average molecular weight is 514 g/mol. The number of Topliss-reactive ketones (excluding diaryl/α,β-unsaturated/α-hetero) is 1. The van der Waals surface area contributed by atoms with Crippen molar-refractivity contribution in [3.8, 4) is 11.5 Å². The monoisotopic (exact) mass is 513 g/mol. The molecule has 0 radical (unpaired) electrons. The van der Waals surface area contributed by atoms with Gasteiger partial charge in [-0.05, 0) is 64.9 Å². The van der Waals surface area contributed by atoms with E-state index in [-0.39, 0.29) is 23.3 Å². The summed E-state index contributed by atoms with van der Waals surface area (Å²) in [7, 11) is 1.58. The van der Waals surface area contributed by atoms with Gasteiger partial charge < -0.3 is 19.5 Å². The first-order valence-electron chi connectivity index (χ1n) is 12.9. The first-order valence-corrected chi connectivity index (χ1v) is 12.9. The molecule has 0 bridgehead atoms. The van der Waals surface area contributed by atoms with Crippen molar-refractivity contribution in [2.75, 3.05) is 13.7 Å². The summed E-state index contributed by atoms with van der Waals surface area (Å²) in [5, 5.41) is 11.4. The number of aliphatic hydroxyl groups excluding tert-OH is 1. The number of likely N-dealkylation sites (tertiary alicyclic amines) is 1. The second-order valence-electron chi connectivity index (χ2n) is 10.5. The summed E-state index contributed by atoms with van der Waals surface area (Å²) in [5.74, 6) is -0.223. The Balaban J connectivity index is 1.80. The Hall–Kier alpha value is -4.06. The van der Waals surface area contributed by atoms with E-state index in [4.69, 9.17) is 9.47 Å². The second kappa shape index (κ2) is 11.1. The van der Waals surface area contributed by atoms with Gasteiger partial charge in [0.15, 0.2) is 0 Å². The molecule has 1 unspecified atom stereocenters.